The third-order valence-electron chi connectivity index (χ3n) is 2.20. The standard InChI is InChI=1S/C12H10ClNO3S/c1-9-3-2-4-10(7-9)17-12-8-11(5-6-14-12)18(13,15)16/h2-8H,1H3. The first-order chi connectivity index (χ1) is 8.45. The summed E-state index contributed by atoms with van der Waals surface area (Å²) in [7, 11) is 1.47. The van der Waals surface area contributed by atoms with Crippen molar-refractivity contribution in [2.45, 2.75) is 11.8 Å². The van der Waals surface area contributed by atoms with Gasteiger partial charge >= 0.3 is 0 Å². The smallest absolute Gasteiger partial charge is 0.261 e. The van der Waals surface area contributed by atoms with Crippen LogP contribution in [-0.4, -0.2) is 13.4 Å². The highest BCUT2D eigenvalue weighted by atomic mass is 35.7. The maximum Gasteiger partial charge on any atom is 0.261 e. The minimum absolute atomic E-state index is 0.0400. The van der Waals surface area contributed by atoms with Crippen LogP contribution in [0.1, 0.15) is 5.56 Å². The molecule has 0 aliphatic carbocycles. The predicted molar refractivity (Wildman–Crippen MR) is 68.5 cm³/mol. The van der Waals surface area contributed by atoms with E-state index in [0.717, 1.165) is 5.56 Å². The number of benzene rings is 1. The summed E-state index contributed by atoms with van der Waals surface area (Å²) in [5.74, 6) is 0.772. The molecule has 4 nitrogen and oxygen atoms in total. The zero-order valence-corrected chi connectivity index (χ0v) is 11.1. The first-order valence-electron chi connectivity index (χ1n) is 5.10. The van der Waals surface area contributed by atoms with E-state index in [1.807, 2.05) is 25.1 Å². The van der Waals surface area contributed by atoms with Crippen LogP contribution in [0.25, 0.3) is 0 Å². The third-order valence-corrected chi connectivity index (χ3v) is 3.55. The zero-order chi connectivity index (χ0) is 13.2. The van der Waals surface area contributed by atoms with E-state index in [-0.39, 0.29) is 10.8 Å². The number of aromatic nitrogens is 1. The minimum atomic E-state index is -3.77. The van der Waals surface area contributed by atoms with E-state index in [1.54, 1.807) is 6.07 Å². The van der Waals surface area contributed by atoms with Crippen LogP contribution in [0.4, 0.5) is 0 Å². The van der Waals surface area contributed by atoms with Gasteiger partial charge < -0.3 is 4.74 Å². The van der Waals surface area contributed by atoms with E-state index in [1.165, 1.54) is 18.3 Å². The number of nitrogens with zero attached hydrogens (tertiary/aromatic N) is 1. The molecule has 18 heavy (non-hydrogen) atoms. The summed E-state index contributed by atoms with van der Waals surface area (Å²) >= 11 is 0. The summed E-state index contributed by atoms with van der Waals surface area (Å²) in [4.78, 5) is 3.89. The van der Waals surface area contributed by atoms with Gasteiger partial charge in [-0.25, -0.2) is 13.4 Å². The molecule has 1 aromatic heterocycles. The number of halogens is 1. The third kappa shape index (κ3) is 3.21. The average molecular weight is 284 g/mol. The van der Waals surface area contributed by atoms with Crippen molar-refractivity contribution in [1.82, 2.24) is 4.98 Å². The summed E-state index contributed by atoms with van der Waals surface area (Å²) in [6.07, 6.45) is 1.33. The van der Waals surface area contributed by atoms with Crippen LogP contribution in [0, 0.1) is 6.92 Å². The molecule has 2 aromatic rings. The molecule has 1 aromatic carbocycles. The van der Waals surface area contributed by atoms with E-state index >= 15 is 0 Å². The van der Waals surface area contributed by atoms with Crippen LogP contribution < -0.4 is 4.74 Å². The highest BCUT2D eigenvalue weighted by Gasteiger charge is 2.11. The monoisotopic (exact) mass is 283 g/mol. The topological polar surface area (TPSA) is 56.3 Å². The lowest BCUT2D eigenvalue weighted by atomic mass is 10.2. The summed E-state index contributed by atoms with van der Waals surface area (Å²) in [6.45, 7) is 1.93. The van der Waals surface area contributed by atoms with Gasteiger partial charge in [-0.3, -0.25) is 0 Å². The van der Waals surface area contributed by atoms with Gasteiger partial charge in [0.05, 0.1) is 4.90 Å². The molecule has 6 heteroatoms. The molecule has 0 aliphatic heterocycles. The van der Waals surface area contributed by atoms with Gasteiger partial charge in [0.1, 0.15) is 5.75 Å². The Morgan fingerprint density at radius 3 is 2.67 bits per heavy atom. The van der Waals surface area contributed by atoms with Crippen molar-refractivity contribution in [3.63, 3.8) is 0 Å². The van der Waals surface area contributed by atoms with E-state index < -0.39 is 9.05 Å². The van der Waals surface area contributed by atoms with Gasteiger partial charge in [0.25, 0.3) is 9.05 Å². The number of ether oxygens (including phenoxy) is 1. The second-order valence-corrected chi connectivity index (χ2v) is 6.25. The molecule has 0 spiro atoms. The quantitative estimate of drug-likeness (QED) is 0.812. The van der Waals surface area contributed by atoms with Crippen molar-refractivity contribution in [2.24, 2.45) is 0 Å². The average Bonchev–Trinajstić information content (AvgIpc) is 2.28. The van der Waals surface area contributed by atoms with Crippen LogP contribution >= 0.6 is 10.7 Å². The van der Waals surface area contributed by atoms with E-state index in [0.29, 0.717) is 5.75 Å². The fourth-order valence-electron chi connectivity index (χ4n) is 1.40. The van der Waals surface area contributed by atoms with E-state index in [9.17, 15) is 8.42 Å². The number of pyridine rings is 1. The Bertz CT molecular complexity index is 671. The van der Waals surface area contributed by atoms with Gasteiger partial charge in [0.2, 0.25) is 5.88 Å². The summed E-state index contributed by atoms with van der Waals surface area (Å²) in [5, 5.41) is 0. The Labute approximate surface area is 110 Å². The number of aryl methyl sites for hydroxylation is 1. The van der Waals surface area contributed by atoms with Crippen molar-refractivity contribution in [3.8, 4) is 11.6 Å². The fourth-order valence-corrected chi connectivity index (χ4v) is 2.15. The van der Waals surface area contributed by atoms with Crippen LogP contribution in [0.2, 0.25) is 0 Å². The van der Waals surface area contributed by atoms with Crippen molar-refractivity contribution < 1.29 is 13.2 Å². The molecule has 0 aliphatic rings. The van der Waals surface area contributed by atoms with Crippen LogP contribution in [0.15, 0.2) is 47.5 Å². The van der Waals surface area contributed by atoms with Gasteiger partial charge in [-0.1, -0.05) is 12.1 Å². The fraction of sp³-hybridized carbons (Fsp3) is 0.0833. The molecule has 1 heterocycles. The SMILES string of the molecule is Cc1cccc(Oc2cc(S(=O)(=O)Cl)ccn2)c1. The Morgan fingerprint density at radius 1 is 1.22 bits per heavy atom. The lowest BCUT2D eigenvalue weighted by Crippen LogP contribution is -1.94. The van der Waals surface area contributed by atoms with Crippen molar-refractivity contribution in [2.75, 3.05) is 0 Å². The van der Waals surface area contributed by atoms with Crippen molar-refractivity contribution in [3.05, 3.63) is 48.2 Å². The maximum absolute atomic E-state index is 11.2. The molecule has 2 rings (SSSR count). The van der Waals surface area contributed by atoms with Gasteiger partial charge in [-0.05, 0) is 30.7 Å². The molecule has 0 atom stereocenters. The molecule has 94 valence electrons. The van der Waals surface area contributed by atoms with E-state index in [2.05, 4.69) is 4.98 Å². The van der Waals surface area contributed by atoms with Crippen LogP contribution in [0.3, 0.4) is 0 Å². The molecule has 0 fully saturated rings. The Balaban J connectivity index is 2.30. The Kier molecular flexibility index (Phi) is 3.54. The first kappa shape index (κ1) is 12.9. The molecular weight excluding hydrogens is 274 g/mol. The summed E-state index contributed by atoms with van der Waals surface area (Å²) < 4.78 is 27.8. The molecule has 0 unspecified atom stereocenters. The van der Waals surface area contributed by atoms with Crippen molar-refractivity contribution in [1.29, 1.82) is 0 Å². The summed E-state index contributed by atoms with van der Waals surface area (Å²) in [6, 6.07) is 9.95. The van der Waals surface area contributed by atoms with Crippen LogP contribution in [0.5, 0.6) is 11.6 Å². The second kappa shape index (κ2) is 4.96. The summed E-state index contributed by atoms with van der Waals surface area (Å²) in [5.41, 5.74) is 1.04. The number of hydrogen-bond acceptors (Lipinski definition) is 4. The van der Waals surface area contributed by atoms with Gasteiger partial charge in [0.15, 0.2) is 0 Å². The molecule has 0 N–H and O–H groups in total. The Morgan fingerprint density at radius 2 is 2.00 bits per heavy atom. The second-order valence-electron chi connectivity index (χ2n) is 3.69. The molecule has 0 saturated carbocycles. The largest absolute Gasteiger partial charge is 0.439 e. The lowest BCUT2D eigenvalue weighted by molar-refractivity contribution is 0.460. The van der Waals surface area contributed by atoms with Crippen LogP contribution in [-0.2, 0) is 9.05 Å². The zero-order valence-electron chi connectivity index (χ0n) is 9.50. The Hall–Kier alpha value is -1.59. The molecule has 0 amide bonds. The maximum atomic E-state index is 11.2. The molecular formula is C12H10ClNO3S. The van der Waals surface area contributed by atoms with Gasteiger partial charge in [-0.15, -0.1) is 0 Å². The molecule has 0 bridgehead atoms. The highest BCUT2D eigenvalue weighted by molar-refractivity contribution is 8.13. The van der Waals surface area contributed by atoms with Gasteiger partial charge in [0, 0.05) is 22.9 Å². The van der Waals surface area contributed by atoms with Gasteiger partial charge in [-0.2, -0.15) is 0 Å². The lowest BCUT2D eigenvalue weighted by Gasteiger charge is -2.05. The molecule has 0 saturated heterocycles. The predicted octanol–water partition coefficient (Wildman–Crippen LogP) is 3.11. The highest BCUT2D eigenvalue weighted by Crippen LogP contribution is 2.23. The number of hydrogen-bond donors (Lipinski definition) is 0. The minimum Gasteiger partial charge on any atom is -0.439 e. The number of rotatable bonds is 3. The normalized spacial score (nSPS) is 11.2. The van der Waals surface area contributed by atoms with E-state index in [4.69, 9.17) is 15.4 Å². The first-order valence-corrected chi connectivity index (χ1v) is 7.41. The molecule has 0 radical (unpaired) electrons. The van der Waals surface area contributed by atoms with Crippen molar-refractivity contribution >= 4 is 19.7 Å².